The zero-order chi connectivity index (χ0) is 13.5. The van der Waals surface area contributed by atoms with Gasteiger partial charge in [0.05, 0.1) is 7.11 Å². The van der Waals surface area contributed by atoms with E-state index in [2.05, 4.69) is 38.3 Å². The van der Waals surface area contributed by atoms with E-state index in [1.165, 1.54) is 18.4 Å². The van der Waals surface area contributed by atoms with Crippen LogP contribution in [0.5, 0.6) is 5.75 Å². The van der Waals surface area contributed by atoms with Gasteiger partial charge in [-0.3, -0.25) is 11.3 Å². The number of ether oxygens (including phenoxy) is 1. The van der Waals surface area contributed by atoms with E-state index >= 15 is 0 Å². The van der Waals surface area contributed by atoms with E-state index in [-0.39, 0.29) is 6.04 Å². The molecule has 0 fully saturated rings. The number of nitrogens with one attached hydrogen (secondary N) is 1. The molecule has 3 heteroatoms. The summed E-state index contributed by atoms with van der Waals surface area (Å²) in [4.78, 5) is 0. The molecule has 0 aliphatic rings. The largest absolute Gasteiger partial charge is 0.496 e. The van der Waals surface area contributed by atoms with Gasteiger partial charge in [0.25, 0.3) is 0 Å². The molecule has 0 bridgehead atoms. The Morgan fingerprint density at radius 1 is 1.28 bits per heavy atom. The first-order valence-corrected chi connectivity index (χ1v) is 6.69. The standard InChI is InChI=1S/C15H26N2O/c1-11(2)6-5-7-14(17-16)13-8-9-15(18-4)12(3)10-13/h8-11,14,17H,5-7,16H2,1-4H3. The number of hydrogen-bond donors (Lipinski definition) is 2. The van der Waals surface area contributed by atoms with E-state index in [0.29, 0.717) is 0 Å². The Hall–Kier alpha value is -1.06. The Bertz CT molecular complexity index is 364. The van der Waals surface area contributed by atoms with Crippen LogP contribution in [-0.4, -0.2) is 7.11 Å². The summed E-state index contributed by atoms with van der Waals surface area (Å²) in [7, 11) is 1.70. The maximum absolute atomic E-state index is 5.66. The second-order valence-corrected chi connectivity index (χ2v) is 5.27. The summed E-state index contributed by atoms with van der Waals surface area (Å²) in [5, 5.41) is 0. The number of rotatable bonds is 7. The number of benzene rings is 1. The van der Waals surface area contributed by atoms with Gasteiger partial charge in [0.2, 0.25) is 0 Å². The minimum Gasteiger partial charge on any atom is -0.496 e. The first-order valence-electron chi connectivity index (χ1n) is 6.69. The normalized spacial score (nSPS) is 12.8. The van der Waals surface area contributed by atoms with Gasteiger partial charge in [0, 0.05) is 6.04 Å². The molecule has 1 aromatic rings. The minimum atomic E-state index is 0.230. The molecule has 102 valence electrons. The Morgan fingerprint density at radius 3 is 2.50 bits per heavy atom. The molecule has 3 N–H and O–H groups in total. The highest BCUT2D eigenvalue weighted by Gasteiger charge is 2.11. The van der Waals surface area contributed by atoms with Crippen LogP contribution in [0.4, 0.5) is 0 Å². The van der Waals surface area contributed by atoms with Gasteiger partial charge in [-0.15, -0.1) is 0 Å². The third-order valence-electron chi connectivity index (χ3n) is 3.30. The van der Waals surface area contributed by atoms with Crippen LogP contribution in [0, 0.1) is 12.8 Å². The van der Waals surface area contributed by atoms with Gasteiger partial charge < -0.3 is 4.74 Å². The predicted octanol–water partition coefficient (Wildman–Crippen LogP) is 3.33. The van der Waals surface area contributed by atoms with Gasteiger partial charge in [-0.25, -0.2) is 0 Å². The Morgan fingerprint density at radius 2 is 2.00 bits per heavy atom. The van der Waals surface area contributed by atoms with Gasteiger partial charge >= 0.3 is 0 Å². The second kappa shape index (κ2) is 7.39. The molecule has 0 radical (unpaired) electrons. The molecule has 1 unspecified atom stereocenters. The Labute approximate surface area is 111 Å². The molecule has 0 aromatic heterocycles. The van der Waals surface area contributed by atoms with Crippen LogP contribution in [0.25, 0.3) is 0 Å². The molecule has 0 amide bonds. The maximum Gasteiger partial charge on any atom is 0.121 e. The quantitative estimate of drug-likeness (QED) is 0.576. The number of hydrogen-bond acceptors (Lipinski definition) is 3. The van der Waals surface area contributed by atoms with Crippen molar-refractivity contribution in [2.24, 2.45) is 11.8 Å². The first kappa shape index (κ1) is 15.0. The SMILES string of the molecule is COc1ccc(C(CCCC(C)C)NN)cc1C. The molecular formula is C15H26N2O. The van der Waals surface area contributed by atoms with Crippen LogP contribution in [0.1, 0.15) is 50.3 Å². The first-order chi connectivity index (χ1) is 8.58. The zero-order valence-electron chi connectivity index (χ0n) is 12.0. The topological polar surface area (TPSA) is 47.3 Å². The summed E-state index contributed by atoms with van der Waals surface area (Å²) in [5.74, 6) is 7.34. The van der Waals surface area contributed by atoms with Crippen molar-refractivity contribution in [1.82, 2.24) is 5.43 Å². The number of hydrazine groups is 1. The molecule has 0 aliphatic carbocycles. The van der Waals surface area contributed by atoms with Crippen LogP contribution < -0.4 is 16.0 Å². The summed E-state index contributed by atoms with van der Waals surface area (Å²) in [6.45, 7) is 6.56. The van der Waals surface area contributed by atoms with E-state index in [1.54, 1.807) is 7.11 Å². The lowest BCUT2D eigenvalue weighted by Crippen LogP contribution is -2.28. The minimum absolute atomic E-state index is 0.230. The van der Waals surface area contributed by atoms with Crippen molar-refractivity contribution in [2.75, 3.05) is 7.11 Å². The molecule has 1 aromatic carbocycles. The molecule has 1 rings (SSSR count). The molecule has 0 spiro atoms. The number of nitrogens with two attached hydrogens (primary N) is 1. The molecule has 1 atom stereocenters. The molecule has 18 heavy (non-hydrogen) atoms. The molecule has 0 heterocycles. The van der Waals surface area contributed by atoms with Gasteiger partial charge in [-0.1, -0.05) is 38.8 Å². The van der Waals surface area contributed by atoms with Crippen LogP contribution in [-0.2, 0) is 0 Å². The average molecular weight is 250 g/mol. The maximum atomic E-state index is 5.66. The number of methoxy groups -OCH3 is 1. The summed E-state index contributed by atoms with van der Waals surface area (Å²) in [6.07, 6.45) is 3.51. The average Bonchev–Trinajstić information content (AvgIpc) is 2.34. The fraction of sp³-hybridized carbons (Fsp3) is 0.600. The molecule has 0 aliphatic heterocycles. The van der Waals surface area contributed by atoms with E-state index in [1.807, 2.05) is 6.07 Å². The zero-order valence-corrected chi connectivity index (χ0v) is 12.0. The summed E-state index contributed by atoms with van der Waals surface area (Å²) < 4.78 is 5.27. The fourth-order valence-electron chi connectivity index (χ4n) is 2.19. The molecule has 3 nitrogen and oxygen atoms in total. The smallest absolute Gasteiger partial charge is 0.121 e. The second-order valence-electron chi connectivity index (χ2n) is 5.27. The summed E-state index contributed by atoms with van der Waals surface area (Å²) >= 11 is 0. The Balaban J connectivity index is 2.67. The van der Waals surface area contributed by atoms with Crippen molar-refractivity contribution < 1.29 is 4.74 Å². The van der Waals surface area contributed by atoms with Crippen molar-refractivity contribution in [3.63, 3.8) is 0 Å². The van der Waals surface area contributed by atoms with Crippen molar-refractivity contribution >= 4 is 0 Å². The van der Waals surface area contributed by atoms with E-state index in [9.17, 15) is 0 Å². The van der Waals surface area contributed by atoms with Crippen molar-refractivity contribution in [3.8, 4) is 5.75 Å². The van der Waals surface area contributed by atoms with Crippen LogP contribution >= 0.6 is 0 Å². The van der Waals surface area contributed by atoms with Gasteiger partial charge in [0.15, 0.2) is 0 Å². The summed E-state index contributed by atoms with van der Waals surface area (Å²) in [5.41, 5.74) is 5.30. The Kier molecular flexibility index (Phi) is 6.16. The van der Waals surface area contributed by atoms with Crippen LogP contribution in [0.15, 0.2) is 18.2 Å². The lowest BCUT2D eigenvalue weighted by atomic mass is 9.97. The van der Waals surface area contributed by atoms with Crippen molar-refractivity contribution in [3.05, 3.63) is 29.3 Å². The lowest BCUT2D eigenvalue weighted by molar-refractivity contribution is 0.410. The van der Waals surface area contributed by atoms with Crippen LogP contribution in [0.2, 0.25) is 0 Å². The fourth-order valence-corrected chi connectivity index (χ4v) is 2.19. The highest BCUT2D eigenvalue weighted by atomic mass is 16.5. The molecule has 0 saturated heterocycles. The third kappa shape index (κ3) is 4.31. The van der Waals surface area contributed by atoms with E-state index in [0.717, 1.165) is 23.7 Å². The molecule has 0 saturated carbocycles. The summed E-state index contributed by atoms with van der Waals surface area (Å²) in [6, 6.07) is 6.48. The van der Waals surface area contributed by atoms with Gasteiger partial charge in [-0.05, 0) is 36.5 Å². The van der Waals surface area contributed by atoms with Gasteiger partial charge in [0.1, 0.15) is 5.75 Å². The molecular weight excluding hydrogens is 224 g/mol. The van der Waals surface area contributed by atoms with Crippen molar-refractivity contribution in [1.29, 1.82) is 0 Å². The predicted molar refractivity (Wildman–Crippen MR) is 76.5 cm³/mol. The van der Waals surface area contributed by atoms with E-state index < -0.39 is 0 Å². The van der Waals surface area contributed by atoms with Crippen LogP contribution in [0.3, 0.4) is 0 Å². The third-order valence-corrected chi connectivity index (χ3v) is 3.30. The van der Waals surface area contributed by atoms with E-state index in [4.69, 9.17) is 10.6 Å². The lowest BCUT2D eigenvalue weighted by Gasteiger charge is -2.18. The highest BCUT2D eigenvalue weighted by Crippen LogP contribution is 2.25. The number of aryl methyl sites for hydroxylation is 1. The highest BCUT2D eigenvalue weighted by molar-refractivity contribution is 5.37. The van der Waals surface area contributed by atoms with Crippen molar-refractivity contribution in [2.45, 2.75) is 46.1 Å². The van der Waals surface area contributed by atoms with Gasteiger partial charge in [-0.2, -0.15) is 0 Å². The monoisotopic (exact) mass is 250 g/mol.